The minimum absolute atomic E-state index is 0.535. The van der Waals surface area contributed by atoms with Crippen LogP contribution in [0.5, 0.6) is 0 Å². The molecule has 0 radical (unpaired) electrons. The first-order chi connectivity index (χ1) is 7.20. The van der Waals surface area contributed by atoms with Crippen molar-refractivity contribution in [3.8, 4) is 11.1 Å². The predicted octanol–water partition coefficient (Wildman–Crippen LogP) is 4.71. The fraction of sp³-hybridized carbons (Fsp3) is 0. The predicted molar refractivity (Wildman–Crippen MR) is 64.7 cm³/mol. The smallest absolute Gasteiger partial charge is 0.0668 e. The van der Waals surface area contributed by atoms with Crippen LogP contribution < -0.4 is 0 Å². The van der Waals surface area contributed by atoms with Gasteiger partial charge in [0.05, 0.1) is 5.02 Å². The van der Waals surface area contributed by atoms with Crippen LogP contribution in [0.3, 0.4) is 0 Å². The van der Waals surface area contributed by atoms with Gasteiger partial charge >= 0.3 is 0 Å². The first-order valence-corrected chi connectivity index (χ1v) is 5.37. The van der Waals surface area contributed by atoms with Gasteiger partial charge in [-0.3, -0.25) is 4.98 Å². The molecule has 0 saturated heterocycles. The van der Waals surface area contributed by atoms with Gasteiger partial charge < -0.3 is 0 Å². The quantitative estimate of drug-likeness (QED) is 0.722. The molecule has 76 valence electrons. The Balaban J connectivity index is 2.69. The standard InChI is InChI=1S/C11H6Cl3N/c12-8-2-1-3-9(13)11(8)7-4-5-15-6-10(7)14/h1-6H. The van der Waals surface area contributed by atoms with Crippen LogP contribution >= 0.6 is 34.8 Å². The molecule has 0 aliphatic carbocycles. The molecule has 0 amide bonds. The summed E-state index contributed by atoms with van der Waals surface area (Å²) >= 11 is 18.2. The Bertz CT molecular complexity index is 477. The van der Waals surface area contributed by atoms with Crippen LogP contribution in [0, 0.1) is 0 Å². The van der Waals surface area contributed by atoms with E-state index in [1.165, 1.54) is 0 Å². The SMILES string of the molecule is Clc1cnccc1-c1c(Cl)cccc1Cl. The van der Waals surface area contributed by atoms with Gasteiger partial charge in [-0.1, -0.05) is 40.9 Å². The van der Waals surface area contributed by atoms with E-state index < -0.39 is 0 Å². The molecule has 1 aromatic heterocycles. The highest BCUT2D eigenvalue weighted by Crippen LogP contribution is 2.37. The van der Waals surface area contributed by atoms with Crippen molar-refractivity contribution in [3.05, 3.63) is 51.7 Å². The molecule has 0 N–H and O–H groups in total. The first-order valence-electron chi connectivity index (χ1n) is 4.24. The number of pyridine rings is 1. The molecule has 2 aromatic rings. The van der Waals surface area contributed by atoms with E-state index in [0.29, 0.717) is 15.1 Å². The zero-order valence-electron chi connectivity index (χ0n) is 7.55. The van der Waals surface area contributed by atoms with Crippen LogP contribution in [0.2, 0.25) is 15.1 Å². The van der Waals surface area contributed by atoms with Crippen molar-refractivity contribution in [2.75, 3.05) is 0 Å². The van der Waals surface area contributed by atoms with E-state index in [1.54, 1.807) is 36.7 Å². The van der Waals surface area contributed by atoms with Gasteiger partial charge in [0.1, 0.15) is 0 Å². The molecule has 0 spiro atoms. The van der Waals surface area contributed by atoms with Gasteiger partial charge in [0.25, 0.3) is 0 Å². The van der Waals surface area contributed by atoms with Crippen LogP contribution in [-0.4, -0.2) is 4.98 Å². The van der Waals surface area contributed by atoms with Crippen molar-refractivity contribution < 1.29 is 0 Å². The third kappa shape index (κ3) is 2.10. The summed E-state index contributed by atoms with van der Waals surface area (Å²) in [6.45, 7) is 0. The van der Waals surface area contributed by atoms with E-state index in [-0.39, 0.29) is 0 Å². The van der Waals surface area contributed by atoms with E-state index in [9.17, 15) is 0 Å². The lowest BCUT2D eigenvalue weighted by atomic mass is 10.1. The molecule has 0 atom stereocenters. The van der Waals surface area contributed by atoms with Crippen molar-refractivity contribution in [2.24, 2.45) is 0 Å². The average molecular weight is 259 g/mol. The fourth-order valence-corrected chi connectivity index (χ4v) is 2.15. The number of aromatic nitrogens is 1. The van der Waals surface area contributed by atoms with Crippen LogP contribution in [0.1, 0.15) is 0 Å². The third-order valence-electron chi connectivity index (χ3n) is 2.00. The minimum Gasteiger partial charge on any atom is -0.263 e. The summed E-state index contributed by atoms with van der Waals surface area (Å²) in [6, 6.07) is 7.14. The van der Waals surface area contributed by atoms with Crippen molar-refractivity contribution in [1.82, 2.24) is 4.98 Å². The van der Waals surface area contributed by atoms with Gasteiger partial charge in [0, 0.05) is 33.6 Å². The Kier molecular flexibility index (Phi) is 3.15. The molecule has 4 heteroatoms. The second-order valence-electron chi connectivity index (χ2n) is 2.95. The Morgan fingerprint density at radius 2 is 1.53 bits per heavy atom. The van der Waals surface area contributed by atoms with Crippen LogP contribution in [-0.2, 0) is 0 Å². The molecule has 15 heavy (non-hydrogen) atoms. The van der Waals surface area contributed by atoms with Crippen LogP contribution in [0.25, 0.3) is 11.1 Å². The molecule has 0 fully saturated rings. The van der Waals surface area contributed by atoms with Crippen LogP contribution in [0.15, 0.2) is 36.7 Å². The molecule has 1 aromatic carbocycles. The van der Waals surface area contributed by atoms with Crippen molar-refractivity contribution >= 4 is 34.8 Å². The Hall–Kier alpha value is -0.760. The highest BCUT2D eigenvalue weighted by molar-refractivity contribution is 6.41. The van der Waals surface area contributed by atoms with Gasteiger partial charge in [-0.2, -0.15) is 0 Å². The Morgan fingerprint density at radius 3 is 2.13 bits per heavy atom. The number of benzene rings is 1. The highest BCUT2D eigenvalue weighted by atomic mass is 35.5. The van der Waals surface area contributed by atoms with Gasteiger partial charge in [0.15, 0.2) is 0 Å². The zero-order chi connectivity index (χ0) is 10.8. The molecular weight excluding hydrogens is 252 g/mol. The molecular formula is C11H6Cl3N. The molecule has 0 bridgehead atoms. The summed E-state index contributed by atoms with van der Waals surface area (Å²) in [4.78, 5) is 3.91. The topological polar surface area (TPSA) is 12.9 Å². The second-order valence-corrected chi connectivity index (χ2v) is 4.17. The summed E-state index contributed by atoms with van der Waals surface area (Å²) in [5.74, 6) is 0. The second kappa shape index (κ2) is 4.40. The first kappa shape index (κ1) is 10.7. The molecule has 1 nitrogen and oxygen atoms in total. The molecule has 2 rings (SSSR count). The van der Waals surface area contributed by atoms with E-state index in [0.717, 1.165) is 11.1 Å². The average Bonchev–Trinajstić information content (AvgIpc) is 2.20. The third-order valence-corrected chi connectivity index (χ3v) is 2.94. The lowest BCUT2D eigenvalue weighted by Crippen LogP contribution is -1.84. The summed E-state index contributed by atoms with van der Waals surface area (Å²) in [7, 11) is 0. The molecule has 0 saturated carbocycles. The lowest BCUT2D eigenvalue weighted by molar-refractivity contribution is 1.33. The van der Waals surface area contributed by atoms with Gasteiger partial charge in [-0.25, -0.2) is 0 Å². The normalized spacial score (nSPS) is 10.3. The number of halogens is 3. The zero-order valence-corrected chi connectivity index (χ0v) is 9.81. The van der Waals surface area contributed by atoms with E-state index in [2.05, 4.69) is 4.98 Å². The molecule has 0 aliphatic heterocycles. The van der Waals surface area contributed by atoms with Crippen molar-refractivity contribution in [1.29, 1.82) is 0 Å². The summed E-state index contributed by atoms with van der Waals surface area (Å²) in [5, 5.41) is 1.69. The van der Waals surface area contributed by atoms with Crippen molar-refractivity contribution in [3.63, 3.8) is 0 Å². The number of nitrogens with zero attached hydrogens (tertiary/aromatic N) is 1. The van der Waals surface area contributed by atoms with Crippen molar-refractivity contribution in [2.45, 2.75) is 0 Å². The molecule has 0 aliphatic rings. The summed E-state index contributed by atoms with van der Waals surface area (Å²) < 4.78 is 0. The summed E-state index contributed by atoms with van der Waals surface area (Å²) in [5.41, 5.74) is 1.54. The van der Waals surface area contributed by atoms with Gasteiger partial charge in [-0.15, -0.1) is 0 Å². The Labute approximate surface area is 103 Å². The molecule has 1 heterocycles. The van der Waals surface area contributed by atoms with E-state index in [1.807, 2.05) is 0 Å². The number of hydrogen-bond acceptors (Lipinski definition) is 1. The van der Waals surface area contributed by atoms with E-state index >= 15 is 0 Å². The Morgan fingerprint density at radius 1 is 0.867 bits per heavy atom. The lowest BCUT2D eigenvalue weighted by Gasteiger charge is -2.07. The van der Waals surface area contributed by atoms with Gasteiger partial charge in [0.2, 0.25) is 0 Å². The maximum Gasteiger partial charge on any atom is 0.0668 e. The monoisotopic (exact) mass is 257 g/mol. The highest BCUT2D eigenvalue weighted by Gasteiger charge is 2.10. The minimum atomic E-state index is 0.535. The largest absolute Gasteiger partial charge is 0.263 e. The molecule has 0 unspecified atom stereocenters. The van der Waals surface area contributed by atoms with Gasteiger partial charge in [-0.05, 0) is 18.2 Å². The maximum atomic E-state index is 6.07. The van der Waals surface area contributed by atoms with Crippen LogP contribution in [0.4, 0.5) is 0 Å². The number of hydrogen-bond donors (Lipinski definition) is 0. The fourth-order valence-electron chi connectivity index (χ4n) is 1.33. The number of rotatable bonds is 1. The maximum absolute atomic E-state index is 6.07. The van der Waals surface area contributed by atoms with E-state index in [4.69, 9.17) is 34.8 Å². The summed E-state index contributed by atoms with van der Waals surface area (Å²) in [6.07, 6.45) is 3.22.